The Labute approximate surface area is 175 Å². The minimum Gasteiger partial charge on any atom is -0.481 e. The van der Waals surface area contributed by atoms with E-state index in [0.29, 0.717) is 24.4 Å². The normalized spacial score (nSPS) is 22.7. The van der Waals surface area contributed by atoms with Crippen molar-refractivity contribution in [2.24, 2.45) is 5.92 Å². The van der Waals surface area contributed by atoms with Crippen molar-refractivity contribution in [2.45, 2.75) is 63.8 Å². The molecule has 0 spiro atoms. The van der Waals surface area contributed by atoms with Crippen molar-refractivity contribution in [1.29, 1.82) is 0 Å². The third-order valence-corrected chi connectivity index (χ3v) is 6.80. The smallest absolute Gasteiger partial charge is 0.306 e. The number of carbonyl (C=O) groups is 1. The van der Waals surface area contributed by atoms with Crippen LogP contribution in [0.4, 0.5) is 0 Å². The quantitative estimate of drug-likeness (QED) is 0.673. The van der Waals surface area contributed by atoms with Crippen molar-refractivity contribution < 1.29 is 14.4 Å². The average molecular weight is 406 g/mol. The highest BCUT2D eigenvalue weighted by atomic mass is 16.5. The first-order valence-corrected chi connectivity index (χ1v) is 10.7. The fourth-order valence-electron chi connectivity index (χ4n) is 4.90. The molecule has 3 aromatic rings. The van der Waals surface area contributed by atoms with Gasteiger partial charge in [-0.25, -0.2) is 0 Å². The summed E-state index contributed by atoms with van der Waals surface area (Å²) >= 11 is 0. The van der Waals surface area contributed by atoms with Crippen LogP contribution in [0.25, 0.3) is 11.6 Å². The lowest BCUT2D eigenvalue weighted by Gasteiger charge is -2.27. The summed E-state index contributed by atoms with van der Waals surface area (Å²) < 4.78 is 7.63. The standard InChI is InChI=1S/C23H26N4O3/c1-14-5-3-4-6-18(14)23(11-12-23)22-24-20(30-26-22)19-13-15(2)27(25-19)17-9-7-16(8-10-17)21(28)29/h3-6,13,16-17H,7-12H2,1-2H3,(H,28,29). The van der Waals surface area contributed by atoms with Gasteiger partial charge in [0.15, 0.2) is 11.5 Å². The highest BCUT2D eigenvalue weighted by molar-refractivity contribution is 5.70. The second kappa shape index (κ2) is 7.07. The number of aryl methyl sites for hydroxylation is 2. The van der Waals surface area contributed by atoms with E-state index in [-0.39, 0.29) is 17.4 Å². The van der Waals surface area contributed by atoms with E-state index in [9.17, 15) is 9.90 Å². The SMILES string of the molecule is Cc1ccccc1C1(c2noc(-c3cc(C)n(C4CCC(C(=O)O)CC4)n3)n2)CC1. The number of aliphatic carboxylic acids is 1. The third kappa shape index (κ3) is 3.13. The molecule has 1 N–H and O–H groups in total. The van der Waals surface area contributed by atoms with Crippen LogP contribution in [0.3, 0.4) is 0 Å². The van der Waals surface area contributed by atoms with Gasteiger partial charge in [0.2, 0.25) is 0 Å². The molecular weight excluding hydrogens is 380 g/mol. The predicted molar refractivity (Wildman–Crippen MR) is 110 cm³/mol. The van der Waals surface area contributed by atoms with Gasteiger partial charge >= 0.3 is 5.97 Å². The number of benzene rings is 1. The third-order valence-electron chi connectivity index (χ3n) is 6.80. The molecular formula is C23H26N4O3. The van der Waals surface area contributed by atoms with Gasteiger partial charge < -0.3 is 9.63 Å². The fraction of sp³-hybridized carbons (Fsp3) is 0.478. The molecule has 7 heteroatoms. The largest absolute Gasteiger partial charge is 0.481 e. The van der Waals surface area contributed by atoms with E-state index in [1.165, 1.54) is 11.1 Å². The lowest BCUT2D eigenvalue weighted by atomic mass is 9.86. The van der Waals surface area contributed by atoms with E-state index in [4.69, 9.17) is 14.6 Å². The first kappa shape index (κ1) is 19.0. The van der Waals surface area contributed by atoms with Crippen LogP contribution in [0, 0.1) is 19.8 Å². The Hall–Kier alpha value is -2.96. The zero-order chi connectivity index (χ0) is 20.9. The van der Waals surface area contributed by atoms with Crippen LogP contribution in [0.5, 0.6) is 0 Å². The number of carboxylic acid groups (broad SMARTS) is 1. The lowest BCUT2D eigenvalue weighted by molar-refractivity contribution is -0.143. The van der Waals surface area contributed by atoms with Crippen LogP contribution >= 0.6 is 0 Å². The Balaban J connectivity index is 1.38. The van der Waals surface area contributed by atoms with Gasteiger partial charge in [-0.3, -0.25) is 9.48 Å². The molecule has 7 nitrogen and oxygen atoms in total. The highest BCUT2D eigenvalue weighted by Crippen LogP contribution is 2.53. The summed E-state index contributed by atoms with van der Waals surface area (Å²) in [4.78, 5) is 16.0. The van der Waals surface area contributed by atoms with Gasteiger partial charge in [-0.05, 0) is 69.6 Å². The number of carboxylic acids is 1. The van der Waals surface area contributed by atoms with Gasteiger partial charge in [0.1, 0.15) is 0 Å². The summed E-state index contributed by atoms with van der Waals surface area (Å²) in [5, 5.41) is 18.3. The zero-order valence-corrected chi connectivity index (χ0v) is 17.3. The van der Waals surface area contributed by atoms with Gasteiger partial charge in [-0.1, -0.05) is 29.4 Å². The Kier molecular flexibility index (Phi) is 4.49. The molecule has 2 fully saturated rings. The van der Waals surface area contributed by atoms with Crippen molar-refractivity contribution in [2.75, 3.05) is 0 Å². The Morgan fingerprint density at radius 1 is 1.17 bits per heavy atom. The number of aromatic nitrogens is 4. The Bertz CT molecular complexity index is 1090. The van der Waals surface area contributed by atoms with Gasteiger partial charge in [-0.2, -0.15) is 10.1 Å². The molecule has 0 radical (unpaired) electrons. The second-order valence-corrected chi connectivity index (χ2v) is 8.78. The van der Waals surface area contributed by atoms with Gasteiger partial charge in [0.25, 0.3) is 5.89 Å². The number of rotatable bonds is 5. The molecule has 30 heavy (non-hydrogen) atoms. The molecule has 2 aliphatic carbocycles. The number of nitrogens with zero attached hydrogens (tertiary/aromatic N) is 4. The van der Waals surface area contributed by atoms with Gasteiger partial charge in [0.05, 0.1) is 17.4 Å². The predicted octanol–water partition coefficient (Wildman–Crippen LogP) is 4.45. The molecule has 1 aromatic carbocycles. The average Bonchev–Trinajstić information content (AvgIpc) is 3.21. The fourth-order valence-corrected chi connectivity index (χ4v) is 4.90. The van der Waals surface area contributed by atoms with E-state index in [2.05, 4.69) is 36.3 Å². The maximum atomic E-state index is 11.2. The highest BCUT2D eigenvalue weighted by Gasteiger charge is 2.50. The van der Waals surface area contributed by atoms with Crippen LogP contribution in [-0.4, -0.2) is 31.0 Å². The summed E-state index contributed by atoms with van der Waals surface area (Å²) in [5.41, 5.74) is 4.10. The van der Waals surface area contributed by atoms with Crippen molar-refractivity contribution in [3.8, 4) is 11.6 Å². The van der Waals surface area contributed by atoms with Crippen LogP contribution in [-0.2, 0) is 10.2 Å². The molecule has 2 saturated carbocycles. The summed E-state index contributed by atoms with van der Waals surface area (Å²) in [6, 6.07) is 10.6. The molecule has 2 aromatic heterocycles. The second-order valence-electron chi connectivity index (χ2n) is 8.78. The maximum absolute atomic E-state index is 11.2. The summed E-state index contributed by atoms with van der Waals surface area (Å²) in [5.74, 6) is 0.269. The minimum atomic E-state index is -0.688. The molecule has 0 saturated heterocycles. The number of hydrogen-bond acceptors (Lipinski definition) is 5. The topological polar surface area (TPSA) is 94.0 Å². The lowest BCUT2D eigenvalue weighted by Crippen LogP contribution is -2.24. The molecule has 156 valence electrons. The van der Waals surface area contributed by atoms with Crippen molar-refractivity contribution in [3.05, 3.63) is 53.0 Å². The van der Waals surface area contributed by atoms with Crippen LogP contribution in [0.15, 0.2) is 34.9 Å². The molecule has 0 amide bonds. The first-order chi connectivity index (χ1) is 14.5. The first-order valence-electron chi connectivity index (χ1n) is 10.7. The molecule has 0 aliphatic heterocycles. The molecule has 5 rings (SSSR count). The maximum Gasteiger partial charge on any atom is 0.306 e. The van der Waals surface area contributed by atoms with E-state index in [1.807, 2.05) is 17.7 Å². The van der Waals surface area contributed by atoms with E-state index in [0.717, 1.165) is 37.2 Å². The number of hydrogen-bond donors (Lipinski definition) is 1. The van der Waals surface area contributed by atoms with Crippen LogP contribution < -0.4 is 0 Å². The van der Waals surface area contributed by atoms with Gasteiger partial charge in [-0.15, -0.1) is 0 Å². The zero-order valence-electron chi connectivity index (χ0n) is 17.3. The monoisotopic (exact) mass is 406 g/mol. The summed E-state index contributed by atoms with van der Waals surface area (Å²) in [6.45, 7) is 4.15. The summed E-state index contributed by atoms with van der Waals surface area (Å²) in [7, 11) is 0. The van der Waals surface area contributed by atoms with E-state index in [1.54, 1.807) is 0 Å². The van der Waals surface area contributed by atoms with Crippen molar-refractivity contribution >= 4 is 5.97 Å². The summed E-state index contributed by atoms with van der Waals surface area (Å²) in [6.07, 6.45) is 5.08. The Morgan fingerprint density at radius 3 is 2.57 bits per heavy atom. The van der Waals surface area contributed by atoms with Gasteiger partial charge in [0, 0.05) is 5.69 Å². The molecule has 0 atom stereocenters. The van der Waals surface area contributed by atoms with Crippen molar-refractivity contribution in [3.63, 3.8) is 0 Å². The Morgan fingerprint density at radius 2 is 1.90 bits per heavy atom. The molecule has 0 bridgehead atoms. The van der Waals surface area contributed by atoms with Crippen LogP contribution in [0.2, 0.25) is 0 Å². The molecule has 0 unspecified atom stereocenters. The van der Waals surface area contributed by atoms with Crippen molar-refractivity contribution in [1.82, 2.24) is 19.9 Å². The van der Waals surface area contributed by atoms with Crippen LogP contribution in [0.1, 0.15) is 67.2 Å². The van der Waals surface area contributed by atoms with E-state index < -0.39 is 5.97 Å². The molecule has 2 aliphatic rings. The molecule has 2 heterocycles. The minimum absolute atomic E-state index is 0.139. The van der Waals surface area contributed by atoms with E-state index >= 15 is 0 Å².